The standard InChI is InChI=1S/C18H29N5O2/c1-14-19-11-15(12-21(2)3)18(20-14)16-5-4-6-23(16)17(24)13-22-7-9-25-10-8-22/h11,16H,4-10,12-13H2,1-3H3. The topological polar surface area (TPSA) is 61.8 Å². The molecule has 2 aliphatic rings. The Labute approximate surface area is 150 Å². The molecule has 2 saturated heterocycles. The molecule has 3 heterocycles. The minimum Gasteiger partial charge on any atom is -0.379 e. The van der Waals surface area contributed by atoms with E-state index in [1.54, 1.807) is 0 Å². The van der Waals surface area contributed by atoms with Crippen molar-refractivity contribution in [2.45, 2.75) is 32.4 Å². The van der Waals surface area contributed by atoms with Gasteiger partial charge in [-0.25, -0.2) is 9.97 Å². The summed E-state index contributed by atoms with van der Waals surface area (Å²) in [4.78, 5) is 28.3. The fourth-order valence-corrected chi connectivity index (χ4v) is 3.65. The number of rotatable bonds is 5. The molecule has 0 aliphatic carbocycles. The van der Waals surface area contributed by atoms with Gasteiger partial charge in [-0.05, 0) is 33.9 Å². The monoisotopic (exact) mass is 347 g/mol. The Kier molecular flexibility index (Phi) is 5.98. The van der Waals surface area contributed by atoms with E-state index in [2.05, 4.69) is 14.8 Å². The third kappa shape index (κ3) is 4.54. The minimum atomic E-state index is 0.0743. The third-order valence-electron chi connectivity index (χ3n) is 4.86. The molecular formula is C18H29N5O2. The van der Waals surface area contributed by atoms with E-state index in [9.17, 15) is 4.79 Å². The highest BCUT2D eigenvalue weighted by Crippen LogP contribution is 2.33. The largest absolute Gasteiger partial charge is 0.379 e. The van der Waals surface area contributed by atoms with Gasteiger partial charge in [0.15, 0.2) is 0 Å². The first-order valence-corrected chi connectivity index (χ1v) is 9.11. The van der Waals surface area contributed by atoms with Crippen molar-refractivity contribution in [2.75, 3.05) is 53.5 Å². The first kappa shape index (κ1) is 18.2. The molecular weight excluding hydrogens is 318 g/mol. The number of nitrogens with zero attached hydrogens (tertiary/aromatic N) is 5. The van der Waals surface area contributed by atoms with Gasteiger partial charge in [-0.15, -0.1) is 0 Å². The zero-order valence-corrected chi connectivity index (χ0v) is 15.6. The normalized spacial score (nSPS) is 21.9. The molecule has 1 atom stereocenters. The van der Waals surface area contributed by atoms with Crippen LogP contribution < -0.4 is 0 Å². The van der Waals surface area contributed by atoms with Crippen LogP contribution >= 0.6 is 0 Å². The lowest BCUT2D eigenvalue weighted by Crippen LogP contribution is -2.44. The first-order chi connectivity index (χ1) is 12.0. The number of ether oxygens (including phenoxy) is 1. The van der Waals surface area contributed by atoms with Crippen LogP contribution in [0.4, 0.5) is 0 Å². The van der Waals surface area contributed by atoms with E-state index < -0.39 is 0 Å². The van der Waals surface area contributed by atoms with Crippen LogP contribution in [0, 0.1) is 6.92 Å². The van der Waals surface area contributed by atoms with Crippen molar-refractivity contribution < 1.29 is 9.53 Å². The summed E-state index contributed by atoms with van der Waals surface area (Å²) in [5.41, 5.74) is 2.14. The summed E-state index contributed by atoms with van der Waals surface area (Å²) in [7, 11) is 4.08. The van der Waals surface area contributed by atoms with Gasteiger partial charge in [0.05, 0.1) is 31.5 Å². The van der Waals surface area contributed by atoms with Gasteiger partial charge in [0.2, 0.25) is 5.91 Å². The van der Waals surface area contributed by atoms with E-state index in [1.165, 1.54) is 0 Å². The van der Waals surface area contributed by atoms with Crippen molar-refractivity contribution in [1.82, 2.24) is 24.7 Å². The molecule has 0 saturated carbocycles. The summed E-state index contributed by atoms with van der Waals surface area (Å²) in [6.07, 6.45) is 3.93. The summed E-state index contributed by atoms with van der Waals surface area (Å²) in [6, 6.07) is 0.0743. The maximum Gasteiger partial charge on any atom is 0.237 e. The lowest BCUT2D eigenvalue weighted by Gasteiger charge is -2.31. The fourth-order valence-electron chi connectivity index (χ4n) is 3.65. The highest BCUT2D eigenvalue weighted by molar-refractivity contribution is 5.79. The summed E-state index contributed by atoms with van der Waals surface area (Å²) < 4.78 is 5.37. The molecule has 1 amide bonds. The Bertz CT molecular complexity index is 601. The van der Waals surface area contributed by atoms with Crippen LogP contribution in [0.15, 0.2) is 6.20 Å². The molecule has 0 N–H and O–H groups in total. The Hall–Kier alpha value is -1.57. The molecule has 1 unspecified atom stereocenters. The second kappa shape index (κ2) is 8.21. The predicted octanol–water partition coefficient (Wildman–Crippen LogP) is 0.842. The number of amides is 1. The van der Waals surface area contributed by atoms with Crippen molar-refractivity contribution >= 4 is 5.91 Å². The number of carbonyl (C=O) groups excluding carboxylic acids is 1. The van der Waals surface area contributed by atoms with Crippen molar-refractivity contribution in [2.24, 2.45) is 0 Å². The second-order valence-corrected chi connectivity index (χ2v) is 7.20. The molecule has 138 valence electrons. The molecule has 2 aliphatic heterocycles. The molecule has 25 heavy (non-hydrogen) atoms. The van der Waals surface area contributed by atoms with Gasteiger partial charge in [-0.3, -0.25) is 9.69 Å². The molecule has 1 aromatic heterocycles. The van der Waals surface area contributed by atoms with E-state index >= 15 is 0 Å². The Morgan fingerprint density at radius 2 is 2.08 bits per heavy atom. The van der Waals surface area contributed by atoms with E-state index in [-0.39, 0.29) is 11.9 Å². The zero-order valence-electron chi connectivity index (χ0n) is 15.6. The highest BCUT2D eigenvalue weighted by Gasteiger charge is 2.33. The summed E-state index contributed by atoms with van der Waals surface area (Å²) in [5, 5.41) is 0. The van der Waals surface area contributed by atoms with Crippen LogP contribution in [0.25, 0.3) is 0 Å². The Morgan fingerprint density at radius 1 is 1.32 bits per heavy atom. The molecule has 0 aromatic carbocycles. The van der Waals surface area contributed by atoms with Gasteiger partial charge in [0, 0.05) is 37.9 Å². The molecule has 7 heteroatoms. The number of carbonyl (C=O) groups is 1. The minimum absolute atomic E-state index is 0.0743. The number of hydrogen-bond donors (Lipinski definition) is 0. The lowest BCUT2D eigenvalue weighted by molar-refractivity contribution is -0.134. The van der Waals surface area contributed by atoms with E-state index in [4.69, 9.17) is 9.72 Å². The Morgan fingerprint density at radius 3 is 2.80 bits per heavy atom. The zero-order chi connectivity index (χ0) is 17.8. The van der Waals surface area contributed by atoms with Gasteiger partial charge >= 0.3 is 0 Å². The van der Waals surface area contributed by atoms with Crippen molar-refractivity contribution in [3.05, 3.63) is 23.3 Å². The van der Waals surface area contributed by atoms with Crippen LogP contribution in [0.3, 0.4) is 0 Å². The lowest BCUT2D eigenvalue weighted by atomic mass is 10.1. The molecule has 0 spiro atoms. The molecule has 1 aromatic rings. The van der Waals surface area contributed by atoms with Crippen LogP contribution in [-0.2, 0) is 16.1 Å². The van der Waals surface area contributed by atoms with Gasteiger partial charge < -0.3 is 14.5 Å². The number of aryl methyl sites for hydroxylation is 1. The van der Waals surface area contributed by atoms with Gasteiger partial charge in [0.25, 0.3) is 0 Å². The van der Waals surface area contributed by atoms with Gasteiger partial charge in [-0.2, -0.15) is 0 Å². The van der Waals surface area contributed by atoms with Crippen molar-refractivity contribution in [3.8, 4) is 0 Å². The van der Waals surface area contributed by atoms with E-state index in [0.29, 0.717) is 6.54 Å². The molecule has 3 rings (SSSR count). The molecule has 0 bridgehead atoms. The van der Waals surface area contributed by atoms with Gasteiger partial charge in [-0.1, -0.05) is 0 Å². The molecule has 7 nitrogen and oxygen atoms in total. The number of morpholine rings is 1. The highest BCUT2D eigenvalue weighted by atomic mass is 16.5. The first-order valence-electron chi connectivity index (χ1n) is 9.11. The Balaban J connectivity index is 1.76. The van der Waals surface area contributed by atoms with Crippen LogP contribution in [-0.4, -0.2) is 84.1 Å². The molecule has 2 fully saturated rings. The van der Waals surface area contributed by atoms with Crippen LogP contribution in [0.1, 0.15) is 36.0 Å². The number of likely N-dealkylation sites (tertiary alicyclic amines) is 1. The fraction of sp³-hybridized carbons (Fsp3) is 0.722. The average Bonchev–Trinajstić information content (AvgIpc) is 3.06. The maximum absolute atomic E-state index is 12.9. The second-order valence-electron chi connectivity index (χ2n) is 7.20. The summed E-state index contributed by atoms with van der Waals surface area (Å²) in [6.45, 7) is 7.11. The van der Waals surface area contributed by atoms with Gasteiger partial charge in [0.1, 0.15) is 5.82 Å². The van der Waals surface area contributed by atoms with Crippen LogP contribution in [0.2, 0.25) is 0 Å². The maximum atomic E-state index is 12.9. The quantitative estimate of drug-likeness (QED) is 0.787. The predicted molar refractivity (Wildman–Crippen MR) is 95.1 cm³/mol. The van der Waals surface area contributed by atoms with E-state index in [1.807, 2.05) is 32.1 Å². The summed E-state index contributed by atoms with van der Waals surface area (Å²) in [5.74, 6) is 0.974. The molecule has 0 radical (unpaired) electrons. The SMILES string of the molecule is Cc1ncc(CN(C)C)c(C2CCCN2C(=O)CN2CCOCC2)n1. The third-order valence-corrected chi connectivity index (χ3v) is 4.86. The number of hydrogen-bond acceptors (Lipinski definition) is 6. The van der Waals surface area contributed by atoms with Crippen molar-refractivity contribution in [3.63, 3.8) is 0 Å². The number of aromatic nitrogens is 2. The van der Waals surface area contributed by atoms with E-state index in [0.717, 1.165) is 69.3 Å². The smallest absolute Gasteiger partial charge is 0.237 e. The van der Waals surface area contributed by atoms with Crippen LogP contribution in [0.5, 0.6) is 0 Å². The average molecular weight is 347 g/mol. The van der Waals surface area contributed by atoms with Crippen molar-refractivity contribution in [1.29, 1.82) is 0 Å². The summed E-state index contributed by atoms with van der Waals surface area (Å²) >= 11 is 0.